The minimum Gasteiger partial charge on any atom is -0.451 e. The van der Waals surface area contributed by atoms with Crippen LogP contribution in [0.1, 0.15) is 52.1 Å². The molecule has 0 aliphatic carbocycles. The monoisotopic (exact) mass is 430 g/mol. The molecule has 0 unspecified atom stereocenters. The number of carbonyl (C=O) groups excluding carboxylic acids is 2. The molecule has 2 aromatic heterocycles. The number of hydrogen-bond donors (Lipinski definition) is 2. The second-order valence-corrected chi connectivity index (χ2v) is 7.72. The van der Waals surface area contributed by atoms with Gasteiger partial charge in [0.15, 0.2) is 5.76 Å². The SMILES string of the molecule is CCCCn1nc(C)c(NC(=O)c2ccccc2NC(=O)c2cc3ccccc3o2)c1C. The van der Waals surface area contributed by atoms with Gasteiger partial charge in [0.05, 0.1) is 28.3 Å². The molecule has 164 valence electrons. The Morgan fingerprint density at radius 2 is 1.75 bits per heavy atom. The molecule has 0 aliphatic heterocycles. The highest BCUT2D eigenvalue weighted by Crippen LogP contribution is 2.24. The summed E-state index contributed by atoms with van der Waals surface area (Å²) in [5.41, 5.74) is 3.77. The number of furan rings is 1. The summed E-state index contributed by atoms with van der Waals surface area (Å²) in [4.78, 5) is 25.9. The van der Waals surface area contributed by atoms with Crippen LogP contribution in [0.5, 0.6) is 0 Å². The molecule has 2 N–H and O–H groups in total. The van der Waals surface area contributed by atoms with E-state index >= 15 is 0 Å². The molecule has 0 atom stereocenters. The van der Waals surface area contributed by atoms with Gasteiger partial charge in [-0.05, 0) is 44.5 Å². The lowest BCUT2D eigenvalue weighted by Gasteiger charge is -2.11. The number of fused-ring (bicyclic) bond motifs is 1. The van der Waals surface area contributed by atoms with Crippen LogP contribution in [0.2, 0.25) is 0 Å². The third-order valence-electron chi connectivity index (χ3n) is 5.41. The summed E-state index contributed by atoms with van der Waals surface area (Å²) in [6, 6.07) is 16.0. The van der Waals surface area contributed by atoms with Crippen LogP contribution in [0.25, 0.3) is 11.0 Å². The highest BCUT2D eigenvalue weighted by atomic mass is 16.3. The van der Waals surface area contributed by atoms with Crippen molar-refractivity contribution in [1.29, 1.82) is 0 Å². The standard InChI is InChI=1S/C25H26N4O3/c1-4-5-14-29-17(3)23(16(2)28-29)27-24(30)19-11-7-8-12-20(19)26-25(31)22-15-18-10-6-9-13-21(18)32-22/h6-13,15H,4-5,14H2,1-3H3,(H,26,31)(H,27,30). The highest BCUT2D eigenvalue weighted by molar-refractivity contribution is 6.12. The topological polar surface area (TPSA) is 89.2 Å². The fourth-order valence-electron chi connectivity index (χ4n) is 3.65. The third-order valence-corrected chi connectivity index (χ3v) is 5.41. The fourth-order valence-corrected chi connectivity index (χ4v) is 3.65. The predicted octanol–water partition coefficient (Wildman–Crippen LogP) is 5.55. The van der Waals surface area contributed by atoms with Gasteiger partial charge >= 0.3 is 0 Å². The first-order chi connectivity index (χ1) is 15.5. The number of para-hydroxylation sites is 2. The third kappa shape index (κ3) is 4.27. The van der Waals surface area contributed by atoms with E-state index in [1.807, 2.05) is 36.7 Å². The number of nitrogens with one attached hydrogen (secondary N) is 2. The Labute approximate surface area is 186 Å². The lowest BCUT2D eigenvalue weighted by atomic mass is 10.1. The zero-order chi connectivity index (χ0) is 22.7. The number of aromatic nitrogens is 2. The Bertz CT molecular complexity index is 1250. The number of hydrogen-bond acceptors (Lipinski definition) is 4. The summed E-state index contributed by atoms with van der Waals surface area (Å²) in [5.74, 6) is -0.543. The van der Waals surface area contributed by atoms with Crippen molar-refractivity contribution >= 4 is 34.2 Å². The van der Waals surface area contributed by atoms with Crippen molar-refractivity contribution in [3.05, 3.63) is 77.3 Å². The summed E-state index contributed by atoms with van der Waals surface area (Å²) < 4.78 is 7.56. The maximum Gasteiger partial charge on any atom is 0.291 e. The minimum absolute atomic E-state index is 0.185. The molecule has 32 heavy (non-hydrogen) atoms. The van der Waals surface area contributed by atoms with E-state index < -0.39 is 5.91 Å². The lowest BCUT2D eigenvalue weighted by Crippen LogP contribution is -2.18. The number of benzene rings is 2. The van der Waals surface area contributed by atoms with Crippen LogP contribution >= 0.6 is 0 Å². The van der Waals surface area contributed by atoms with E-state index in [1.165, 1.54) is 0 Å². The van der Waals surface area contributed by atoms with Gasteiger partial charge in [-0.2, -0.15) is 5.10 Å². The van der Waals surface area contributed by atoms with Gasteiger partial charge in [-0.3, -0.25) is 14.3 Å². The lowest BCUT2D eigenvalue weighted by molar-refractivity contribution is 0.0998. The first kappa shape index (κ1) is 21.4. The van der Waals surface area contributed by atoms with E-state index in [0.29, 0.717) is 22.5 Å². The summed E-state index contributed by atoms with van der Waals surface area (Å²) in [5, 5.41) is 11.2. The molecule has 7 nitrogen and oxygen atoms in total. The fraction of sp³-hybridized carbons (Fsp3) is 0.240. The minimum atomic E-state index is -0.416. The van der Waals surface area contributed by atoms with Crippen LogP contribution < -0.4 is 10.6 Å². The summed E-state index contributed by atoms with van der Waals surface area (Å²) >= 11 is 0. The van der Waals surface area contributed by atoms with Crippen molar-refractivity contribution in [1.82, 2.24) is 9.78 Å². The van der Waals surface area contributed by atoms with Gasteiger partial charge in [-0.1, -0.05) is 43.7 Å². The van der Waals surface area contributed by atoms with Crippen LogP contribution in [0.15, 0.2) is 59.0 Å². The Morgan fingerprint density at radius 1 is 1.00 bits per heavy atom. The van der Waals surface area contributed by atoms with Gasteiger partial charge in [0.25, 0.3) is 11.8 Å². The number of anilines is 2. The zero-order valence-electron chi connectivity index (χ0n) is 18.4. The smallest absolute Gasteiger partial charge is 0.291 e. The van der Waals surface area contributed by atoms with Crippen molar-refractivity contribution < 1.29 is 14.0 Å². The second-order valence-electron chi connectivity index (χ2n) is 7.72. The van der Waals surface area contributed by atoms with Crippen molar-refractivity contribution in [3.63, 3.8) is 0 Å². The van der Waals surface area contributed by atoms with E-state index in [9.17, 15) is 9.59 Å². The van der Waals surface area contributed by atoms with Gasteiger partial charge in [-0.25, -0.2) is 0 Å². The quantitative estimate of drug-likeness (QED) is 0.402. The molecule has 2 aromatic carbocycles. The van der Waals surface area contributed by atoms with Gasteiger partial charge in [0, 0.05) is 11.9 Å². The number of nitrogens with zero attached hydrogens (tertiary/aromatic N) is 2. The molecule has 4 aromatic rings. The normalized spacial score (nSPS) is 11.0. The molecule has 0 spiro atoms. The molecule has 0 saturated carbocycles. The highest BCUT2D eigenvalue weighted by Gasteiger charge is 2.19. The van der Waals surface area contributed by atoms with E-state index in [2.05, 4.69) is 22.7 Å². The van der Waals surface area contributed by atoms with Crippen molar-refractivity contribution in [2.24, 2.45) is 0 Å². The Kier molecular flexibility index (Phi) is 6.07. The molecule has 7 heteroatoms. The molecule has 2 amide bonds. The summed E-state index contributed by atoms with van der Waals surface area (Å²) in [6.07, 6.45) is 2.09. The number of carbonyl (C=O) groups is 2. The van der Waals surface area contributed by atoms with Gasteiger partial charge in [0.2, 0.25) is 0 Å². The maximum atomic E-state index is 13.1. The maximum absolute atomic E-state index is 13.1. The van der Waals surface area contributed by atoms with Crippen LogP contribution in [-0.4, -0.2) is 21.6 Å². The molecule has 0 fully saturated rings. The van der Waals surface area contributed by atoms with Crippen molar-refractivity contribution in [2.45, 2.75) is 40.2 Å². The average molecular weight is 431 g/mol. The molecule has 0 radical (unpaired) electrons. The van der Waals surface area contributed by atoms with Crippen molar-refractivity contribution in [3.8, 4) is 0 Å². The molecular weight excluding hydrogens is 404 g/mol. The van der Waals surface area contributed by atoms with Crippen LogP contribution in [-0.2, 0) is 6.54 Å². The molecule has 0 saturated heterocycles. The van der Waals surface area contributed by atoms with Gasteiger partial charge in [-0.15, -0.1) is 0 Å². The number of rotatable bonds is 7. The molecular formula is C25H26N4O3. The first-order valence-corrected chi connectivity index (χ1v) is 10.7. The van der Waals surface area contributed by atoms with E-state index in [-0.39, 0.29) is 11.7 Å². The zero-order valence-corrected chi connectivity index (χ0v) is 18.4. The van der Waals surface area contributed by atoms with E-state index in [4.69, 9.17) is 4.42 Å². The number of amides is 2. The van der Waals surface area contributed by atoms with Gasteiger partial charge in [0.1, 0.15) is 5.58 Å². The number of aryl methyl sites for hydroxylation is 2. The summed E-state index contributed by atoms with van der Waals surface area (Å²) in [6.45, 7) is 6.76. The van der Waals surface area contributed by atoms with Crippen LogP contribution in [0.3, 0.4) is 0 Å². The first-order valence-electron chi connectivity index (χ1n) is 10.7. The molecule has 2 heterocycles. The molecule has 4 rings (SSSR count). The number of unbranched alkanes of at least 4 members (excludes halogenated alkanes) is 1. The predicted molar refractivity (Wildman–Crippen MR) is 125 cm³/mol. The van der Waals surface area contributed by atoms with E-state index in [1.54, 1.807) is 36.4 Å². The second kappa shape index (κ2) is 9.09. The summed E-state index contributed by atoms with van der Waals surface area (Å²) in [7, 11) is 0. The van der Waals surface area contributed by atoms with Gasteiger partial charge < -0.3 is 15.1 Å². The Morgan fingerprint density at radius 3 is 2.53 bits per heavy atom. The molecule has 0 bridgehead atoms. The van der Waals surface area contributed by atoms with Crippen LogP contribution in [0.4, 0.5) is 11.4 Å². The van der Waals surface area contributed by atoms with Crippen LogP contribution in [0, 0.1) is 13.8 Å². The molecule has 0 aliphatic rings. The Balaban J connectivity index is 1.55. The van der Waals surface area contributed by atoms with E-state index in [0.717, 1.165) is 36.2 Å². The average Bonchev–Trinajstić information content (AvgIpc) is 3.34. The Hall–Kier alpha value is -3.87. The largest absolute Gasteiger partial charge is 0.451 e. The van der Waals surface area contributed by atoms with Crippen molar-refractivity contribution in [2.75, 3.05) is 10.6 Å².